The summed E-state index contributed by atoms with van der Waals surface area (Å²) in [5.41, 5.74) is 0.411. The Morgan fingerprint density at radius 3 is 2.29 bits per heavy atom. The minimum absolute atomic E-state index is 0.411. The third kappa shape index (κ3) is 4.43. The molecular weight excluding hydrogens is 172 g/mol. The Balaban J connectivity index is 2.25. The van der Waals surface area contributed by atoms with Gasteiger partial charge in [-0.25, -0.2) is 0 Å². The summed E-state index contributed by atoms with van der Waals surface area (Å²) in [6.07, 6.45) is 2.79. The molecule has 1 heterocycles. The lowest BCUT2D eigenvalue weighted by Gasteiger charge is -2.31. The van der Waals surface area contributed by atoms with E-state index in [1.165, 1.54) is 32.5 Å². The van der Waals surface area contributed by atoms with Gasteiger partial charge in [0.25, 0.3) is 0 Å². The summed E-state index contributed by atoms with van der Waals surface area (Å²) >= 11 is 0. The van der Waals surface area contributed by atoms with Crippen LogP contribution in [0.5, 0.6) is 0 Å². The number of hydrogen-bond donors (Lipinski definition) is 1. The molecule has 14 heavy (non-hydrogen) atoms. The van der Waals surface area contributed by atoms with Gasteiger partial charge in [0.1, 0.15) is 0 Å². The fourth-order valence-electron chi connectivity index (χ4n) is 2.08. The predicted octanol–water partition coefficient (Wildman–Crippen LogP) is 2.11. The molecule has 1 rings (SSSR count). The molecule has 0 aliphatic carbocycles. The van der Waals surface area contributed by atoms with Gasteiger partial charge in [-0.05, 0) is 31.3 Å². The zero-order valence-corrected chi connectivity index (χ0v) is 10.3. The van der Waals surface area contributed by atoms with Crippen LogP contribution in [0.2, 0.25) is 0 Å². The molecular formula is C12H26N2. The summed E-state index contributed by atoms with van der Waals surface area (Å²) in [6, 6.07) is 0.604. The summed E-state index contributed by atoms with van der Waals surface area (Å²) in [6.45, 7) is 14.1. The van der Waals surface area contributed by atoms with Crippen LogP contribution in [0, 0.1) is 5.41 Å². The monoisotopic (exact) mass is 198 g/mol. The topological polar surface area (TPSA) is 15.3 Å². The fourth-order valence-corrected chi connectivity index (χ4v) is 2.08. The molecule has 0 aromatic heterocycles. The summed E-state index contributed by atoms with van der Waals surface area (Å²) in [4.78, 5) is 2.60. The van der Waals surface area contributed by atoms with E-state index in [2.05, 4.69) is 37.9 Å². The second kappa shape index (κ2) is 5.13. The van der Waals surface area contributed by atoms with Crippen LogP contribution in [0.3, 0.4) is 0 Å². The van der Waals surface area contributed by atoms with Gasteiger partial charge in [0.15, 0.2) is 0 Å². The van der Waals surface area contributed by atoms with Crippen molar-refractivity contribution in [1.82, 2.24) is 10.2 Å². The van der Waals surface area contributed by atoms with Gasteiger partial charge in [0.2, 0.25) is 0 Å². The van der Waals surface area contributed by atoms with Crippen molar-refractivity contribution < 1.29 is 0 Å². The van der Waals surface area contributed by atoms with E-state index >= 15 is 0 Å². The van der Waals surface area contributed by atoms with Crippen LogP contribution in [-0.4, -0.2) is 37.1 Å². The molecule has 0 amide bonds. The zero-order chi connectivity index (χ0) is 10.6. The maximum atomic E-state index is 3.53. The van der Waals surface area contributed by atoms with Gasteiger partial charge in [-0.2, -0.15) is 0 Å². The molecule has 2 nitrogen and oxygen atoms in total. The van der Waals surface area contributed by atoms with Crippen molar-refractivity contribution in [2.24, 2.45) is 5.41 Å². The number of likely N-dealkylation sites (tertiary alicyclic amines) is 1. The normalized spacial score (nSPS) is 19.5. The summed E-state index contributed by atoms with van der Waals surface area (Å²) in [7, 11) is 0. The van der Waals surface area contributed by atoms with Crippen molar-refractivity contribution in [1.29, 1.82) is 0 Å². The maximum Gasteiger partial charge on any atom is 0.00448 e. The molecule has 0 aromatic carbocycles. The molecule has 84 valence electrons. The third-order valence-corrected chi connectivity index (χ3v) is 2.84. The molecule has 1 aliphatic rings. The first kappa shape index (κ1) is 12.0. The number of nitrogens with zero attached hydrogens (tertiary/aromatic N) is 1. The van der Waals surface area contributed by atoms with E-state index in [9.17, 15) is 0 Å². The lowest BCUT2D eigenvalue weighted by atomic mass is 9.92. The number of hydrogen-bond acceptors (Lipinski definition) is 2. The quantitative estimate of drug-likeness (QED) is 0.728. The van der Waals surface area contributed by atoms with Gasteiger partial charge < -0.3 is 10.2 Å². The zero-order valence-electron chi connectivity index (χ0n) is 10.3. The molecule has 1 fully saturated rings. The van der Waals surface area contributed by atoms with Crippen LogP contribution in [0.4, 0.5) is 0 Å². The molecule has 0 unspecified atom stereocenters. The van der Waals surface area contributed by atoms with E-state index in [0.717, 1.165) is 6.54 Å². The number of rotatable bonds is 5. The standard InChI is InChI=1S/C12H26N2/c1-11(2)13-9-12(3,4)10-14-7-5-6-8-14/h11,13H,5-10H2,1-4H3. The minimum Gasteiger partial charge on any atom is -0.314 e. The summed E-state index contributed by atoms with van der Waals surface area (Å²) < 4.78 is 0. The van der Waals surface area contributed by atoms with E-state index in [-0.39, 0.29) is 0 Å². The molecule has 1 N–H and O–H groups in total. The second-order valence-electron chi connectivity index (χ2n) is 5.68. The smallest absolute Gasteiger partial charge is 0.00448 e. The highest BCUT2D eigenvalue weighted by Crippen LogP contribution is 2.19. The van der Waals surface area contributed by atoms with Gasteiger partial charge >= 0.3 is 0 Å². The van der Waals surface area contributed by atoms with Crippen molar-refractivity contribution >= 4 is 0 Å². The maximum absolute atomic E-state index is 3.53. The Morgan fingerprint density at radius 2 is 1.79 bits per heavy atom. The van der Waals surface area contributed by atoms with Crippen molar-refractivity contribution in [2.75, 3.05) is 26.2 Å². The van der Waals surface area contributed by atoms with Crippen LogP contribution in [-0.2, 0) is 0 Å². The average molecular weight is 198 g/mol. The van der Waals surface area contributed by atoms with E-state index < -0.39 is 0 Å². The molecule has 0 atom stereocenters. The van der Waals surface area contributed by atoms with E-state index in [1.54, 1.807) is 0 Å². The number of nitrogens with one attached hydrogen (secondary N) is 1. The van der Waals surface area contributed by atoms with Crippen LogP contribution in [0.1, 0.15) is 40.5 Å². The molecule has 0 saturated carbocycles. The summed E-state index contributed by atoms with van der Waals surface area (Å²) in [5.74, 6) is 0. The summed E-state index contributed by atoms with van der Waals surface area (Å²) in [5, 5.41) is 3.53. The molecule has 0 spiro atoms. The first-order chi connectivity index (χ1) is 6.49. The first-order valence-corrected chi connectivity index (χ1v) is 5.95. The molecule has 0 aromatic rings. The molecule has 0 radical (unpaired) electrons. The van der Waals surface area contributed by atoms with Gasteiger partial charge in [0.05, 0.1) is 0 Å². The Bertz CT molecular complexity index is 158. The first-order valence-electron chi connectivity index (χ1n) is 5.95. The van der Waals surface area contributed by atoms with Crippen LogP contribution in [0.25, 0.3) is 0 Å². The van der Waals surface area contributed by atoms with Crippen LogP contribution < -0.4 is 5.32 Å². The second-order valence-corrected chi connectivity index (χ2v) is 5.68. The molecule has 1 saturated heterocycles. The highest BCUT2D eigenvalue weighted by molar-refractivity contribution is 4.79. The van der Waals surface area contributed by atoms with Gasteiger partial charge in [-0.1, -0.05) is 27.7 Å². The van der Waals surface area contributed by atoms with Crippen molar-refractivity contribution in [3.63, 3.8) is 0 Å². The third-order valence-electron chi connectivity index (χ3n) is 2.84. The van der Waals surface area contributed by atoms with Crippen LogP contribution >= 0.6 is 0 Å². The fraction of sp³-hybridized carbons (Fsp3) is 1.00. The van der Waals surface area contributed by atoms with E-state index in [4.69, 9.17) is 0 Å². The Kier molecular flexibility index (Phi) is 4.39. The largest absolute Gasteiger partial charge is 0.314 e. The van der Waals surface area contributed by atoms with Crippen molar-refractivity contribution in [3.8, 4) is 0 Å². The Hall–Kier alpha value is -0.0800. The minimum atomic E-state index is 0.411. The molecule has 1 aliphatic heterocycles. The lowest BCUT2D eigenvalue weighted by Crippen LogP contribution is -2.41. The predicted molar refractivity (Wildman–Crippen MR) is 62.6 cm³/mol. The van der Waals surface area contributed by atoms with E-state index in [0.29, 0.717) is 11.5 Å². The molecule has 2 heteroatoms. The van der Waals surface area contributed by atoms with Gasteiger partial charge in [-0.3, -0.25) is 0 Å². The SMILES string of the molecule is CC(C)NCC(C)(C)CN1CCCC1. The average Bonchev–Trinajstić information content (AvgIpc) is 2.53. The lowest BCUT2D eigenvalue weighted by molar-refractivity contribution is 0.200. The van der Waals surface area contributed by atoms with E-state index in [1.807, 2.05) is 0 Å². The highest BCUT2D eigenvalue weighted by atomic mass is 15.1. The van der Waals surface area contributed by atoms with Crippen LogP contribution in [0.15, 0.2) is 0 Å². The van der Waals surface area contributed by atoms with Gasteiger partial charge in [-0.15, -0.1) is 0 Å². The highest BCUT2D eigenvalue weighted by Gasteiger charge is 2.23. The van der Waals surface area contributed by atoms with Gasteiger partial charge in [0, 0.05) is 19.1 Å². The Morgan fingerprint density at radius 1 is 1.21 bits per heavy atom. The van der Waals surface area contributed by atoms with Crippen molar-refractivity contribution in [2.45, 2.75) is 46.6 Å². The van der Waals surface area contributed by atoms with Crippen molar-refractivity contribution in [3.05, 3.63) is 0 Å². The Labute approximate surface area is 89.1 Å². The molecule has 0 bridgehead atoms.